The van der Waals surface area contributed by atoms with Gasteiger partial charge < -0.3 is 0 Å². The van der Waals surface area contributed by atoms with E-state index < -0.39 is 15.8 Å². The van der Waals surface area contributed by atoms with Gasteiger partial charge in [-0.05, 0) is 46.5 Å². The van der Waals surface area contributed by atoms with Crippen molar-refractivity contribution >= 4 is 21.4 Å². The molecule has 8 nitrogen and oxygen atoms in total. The Morgan fingerprint density at radius 1 is 1.18 bits per heavy atom. The molecule has 0 atom stereocenters. The van der Waals surface area contributed by atoms with E-state index in [9.17, 15) is 12.8 Å². The Hall–Kier alpha value is -3.02. The molecule has 3 aromatic heterocycles. The van der Waals surface area contributed by atoms with Crippen molar-refractivity contribution in [1.29, 1.82) is 0 Å². The third-order valence-corrected chi connectivity index (χ3v) is 6.21. The number of H-pyrrole nitrogens is 1. The molecule has 0 unspecified atom stereocenters. The lowest BCUT2D eigenvalue weighted by atomic mass is 10.2. The van der Waals surface area contributed by atoms with Crippen LogP contribution in [0.4, 0.5) is 4.39 Å². The molecule has 0 aliphatic heterocycles. The zero-order valence-corrected chi connectivity index (χ0v) is 15.8. The Balaban J connectivity index is 1.61. The van der Waals surface area contributed by atoms with Crippen molar-refractivity contribution < 1.29 is 12.8 Å². The first-order valence-electron chi connectivity index (χ1n) is 8.05. The molecular formula is C17H13FN6O2S2. The van der Waals surface area contributed by atoms with Crippen molar-refractivity contribution in [1.82, 2.24) is 30.3 Å². The van der Waals surface area contributed by atoms with Gasteiger partial charge in [0.15, 0.2) is 0 Å². The molecule has 3 heterocycles. The number of rotatable bonds is 6. The lowest BCUT2D eigenvalue weighted by molar-refractivity contribution is 0.580. The summed E-state index contributed by atoms with van der Waals surface area (Å²) in [6.07, 6.45) is 1.66. The second-order valence-electron chi connectivity index (χ2n) is 5.69. The SMILES string of the molecule is O=S(=O)(NCc1cccnc1-c1cccs1)c1ccc(F)c(-c2nn[nH]n2)c1. The van der Waals surface area contributed by atoms with E-state index >= 15 is 0 Å². The van der Waals surface area contributed by atoms with E-state index in [0.29, 0.717) is 5.69 Å². The van der Waals surface area contributed by atoms with Gasteiger partial charge in [-0.2, -0.15) is 5.21 Å². The normalized spacial score (nSPS) is 11.6. The number of nitrogens with one attached hydrogen (secondary N) is 2. The molecule has 11 heteroatoms. The number of halogens is 1. The maximum atomic E-state index is 14.0. The van der Waals surface area contributed by atoms with Crippen LogP contribution in [0.3, 0.4) is 0 Å². The molecule has 4 aromatic rings. The minimum absolute atomic E-state index is 0.0261. The summed E-state index contributed by atoms with van der Waals surface area (Å²) >= 11 is 1.52. The van der Waals surface area contributed by atoms with Crippen molar-refractivity contribution in [2.45, 2.75) is 11.4 Å². The molecule has 0 amide bonds. The molecule has 4 rings (SSSR count). The van der Waals surface area contributed by atoms with Crippen molar-refractivity contribution in [2.24, 2.45) is 0 Å². The minimum atomic E-state index is -3.90. The fourth-order valence-corrected chi connectivity index (χ4v) is 4.38. The van der Waals surface area contributed by atoms with Gasteiger partial charge in [0.25, 0.3) is 0 Å². The number of hydrogen-bond acceptors (Lipinski definition) is 7. The van der Waals surface area contributed by atoms with Gasteiger partial charge in [-0.1, -0.05) is 12.1 Å². The summed E-state index contributed by atoms with van der Waals surface area (Å²) < 4.78 is 42.0. The van der Waals surface area contributed by atoms with E-state index in [0.717, 1.165) is 16.5 Å². The highest BCUT2D eigenvalue weighted by atomic mass is 32.2. The molecule has 142 valence electrons. The lowest BCUT2D eigenvalue weighted by Crippen LogP contribution is -2.23. The predicted octanol–water partition coefficient (Wildman–Crippen LogP) is 2.61. The summed E-state index contributed by atoms with van der Waals surface area (Å²) in [6, 6.07) is 10.8. The smallest absolute Gasteiger partial charge is 0.240 e. The number of benzene rings is 1. The van der Waals surface area contributed by atoms with E-state index in [2.05, 4.69) is 30.3 Å². The number of sulfonamides is 1. The molecule has 0 radical (unpaired) electrons. The third-order valence-electron chi connectivity index (χ3n) is 3.93. The fourth-order valence-electron chi connectivity index (χ4n) is 2.59. The van der Waals surface area contributed by atoms with Gasteiger partial charge in [0.2, 0.25) is 15.8 Å². The quantitative estimate of drug-likeness (QED) is 0.499. The Kier molecular flexibility index (Phi) is 4.94. The lowest BCUT2D eigenvalue weighted by Gasteiger charge is -2.10. The van der Waals surface area contributed by atoms with Crippen molar-refractivity contribution in [3.05, 3.63) is 65.4 Å². The monoisotopic (exact) mass is 416 g/mol. The van der Waals surface area contributed by atoms with Crippen LogP contribution >= 0.6 is 11.3 Å². The van der Waals surface area contributed by atoms with Gasteiger partial charge in [-0.25, -0.2) is 17.5 Å². The highest BCUT2D eigenvalue weighted by molar-refractivity contribution is 7.89. The number of tetrazole rings is 1. The van der Waals surface area contributed by atoms with Crippen LogP contribution in [0.25, 0.3) is 22.0 Å². The average molecular weight is 416 g/mol. The van der Waals surface area contributed by atoms with Crippen LogP contribution in [0.1, 0.15) is 5.56 Å². The maximum absolute atomic E-state index is 14.0. The second kappa shape index (κ2) is 7.54. The van der Waals surface area contributed by atoms with Crippen LogP contribution in [0.2, 0.25) is 0 Å². The predicted molar refractivity (Wildman–Crippen MR) is 101 cm³/mol. The number of aromatic nitrogens is 5. The highest BCUT2D eigenvalue weighted by Crippen LogP contribution is 2.26. The summed E-state index contributed by atoms with van der Waals surface area (Å²) in [7, 11) is -3.90. The first-order valence-corrected chi connectivity index (χ1v) is 10.4. The average Bonchev–Trinajstić information content (AvgIpc) is 3.41. The van der Waals surface area contributed by atoms with Crippen LogP contribution in [0.15, 0.2) is 58.9 Å². The molecule has 0 aliphatic carbocycles. The molecule has 0 saturated heterocycles. The van der Waals surface area contributed by atoms with Gasteiger partial charge in [0, 0.05) is 12.7 Å². The van der Waals surface area contributed by atoms with E-state index in [4.69, 9.17) is 0 Å². The highest BCUT2D eigenvalue weighted by Gasteiger charge is 2.19. The van der Waals surface area contributed by atoms with Crippen LogP contribution < -0.4 is 4.72 Å². The Morgan fingerprint density at radius 3 is 2.82 bits per heavy atom. The zero-order chi connectivity index (χ0) is 19.6. The van der Waals surface area contributed by atoms with E-state index in [1.807, 2.05) is 17.5 Å². The van der Waals surface area contributed by atoms with Crippen molar-refractivity contribution in [3.8, 4) is 22.0 Å². The fraction of sp³-hybridized carbons (Fsp3) is 0.0588. The maximum Gasteiger partial charge on any atom is 0.240 e. The van der Waals surface area contributed by atoms with Gasteiger partial charge in [-0.3, -0.25) is 4.98 Å². The van der Waals surface area contributed by atoms with Crippen LogP contribution in [-0.4, -0.2) is 34.0 Å². The van der Waals surface area contributed by atoms with Crippen LogP contribution in [0, 0.1) is 5.82 Å². The molecule has 2 N–H and O–H groups in total. The number of pyridine rings is 1. The van der Waals surface area contributed by atoms with Crippen LogP contribution in [-0.2, 0) is 16.6 Å². The largest absolute Gasteiger partial charge is 0.255 e. The molecular weight excluding hydrogens is 403 g/mol. The Labute approximate surface area is 163 Å². The first-order chi connectivity index (χ1) is 13.5. The van der Waals surface area contributed by atoms with Gasteiger partial charge in [0.05, 0.1) is 21.0 Å². The number of nitrogens with zero attached hydrogens (tertiary/aromatic N) is 4. The Morgan fingerprint density at radius 2 is 2.07 bits per heavy atom. The molecule has 0 aliphatic rings. The van der Waals surface area contributed by atoms with E-state index in [-0.39, 0.29) is 22.8 Å². The minimum Gasteiger partial charge on any atom is -0.255 e. The molecule has 28 heavy (non-hydrogen) atoms. The summed E-state index contributed by atoms with van der Waals surface area (Å²) in [5.74, 6) is -0.672. The van der Waals surface area contributed by atoms with Gasteiger partial charge >= 0.3 is 0 Å². The van der Waals surface area contributed by atoms with E-state index in [1.54, 1.807) is 18.3 Å². The second-order valence-corrected chi connectivity index (χ2v) is 8.40. The van der Waals surface area contributed by atoms with Gasteiger partial charge in [0.1, 0.15) is 5.82 Å². The summed E-state index contributed by atoms with van der Waals surface area (Å²) in [6.45, 7) is 0.0400. The molecule has 0 spiro atoms. The standard InChI is InChI=1S/C17H13FN6O2S2/c18-14-6-5-12(9-13(14)17-21-23-24-22-17)28(25,26)20-10-11-3-1-7-19-16(11)15-4-2-8-27-15/h1-9,20H,10H2,(H,21,22,23,24). The van der Waals surface area contributed by atoms with E-state index in [1.165, 1.54) is 23.5 Å². The number of thiophene rings is 1. The molecule has 0 fully saturated rings. The Bertz CT molecular complexity index is 1190. The first kappa shape index (κ1) is 18.3. The number of hydrogen-bond donors (Lipinski definition) is 2. The third kappa shape index (κ3) is 3.67. The van der Waals surface area contributed by atoms with Crippen molar-refractivity contribution in [2.75, 3.05) is 0 Å². The molecule has 1 aromatic carbocycles. The summed E-state index contributed by atoms with van der Waals surface area (Å²) in [4.78, 5) is 5.19. The summed E-state index contributed by atoms with van der Waals surface area (Å²) in [5, 5.41) is 14.9. The van der Waals surface area contributed by atoms with Gasteiger partial charge in [-0.15, -0.1) is 21.5 Å². The topological polar surface area (TPSA) is 114 Å². The number of aromatic amines is 1. The van der Waals surface area contributed by atoms with Crippen LogP contribution in [0.5, 0.6) is 0 Å². The summed E-state index contributed by atoms with van der Waals surface area (Å²) in [5.41, 5.74) is 1.39. The zero-order valence-electron chi connectivity index (χ0n) is 14.2. The van der Waals surface area contributed by atoms with Crippen molar-refractivity contribution in [3.63, 3.8) is 0 Å². The molecule has 0 saturated carbocycles. The molecule has 0 bridgehead atoms.